The molecule has 0 amide bonds. The molecule has 3 rings (SSSR count). The van der Waals surface area contributed by atoms with E-state index in [1.807, 2.05) is 18.3 Å². The zero-order valence-corrected chi connectivity index (χ0v) is 16.1. The highest BCUT2D eigenvalue weighted by molar-refractivity contribution is 14.0. The van der Waals surface area contributed by atoms with Gasteiger partial charge in [0.1, 0.15) is 0 Å². The first kappa shape index (κ1) is 18.3. The van der Waals surface area contributed by atoms with Crippen LogP contribution < -0.4 is 10.5 Å². The molecule has 2 fully saturated rings. The van der Waals surface area contributed by atoms with Crippen LogP contribution in [0.4, 0.5) is 0 Å². The second kappa shape index (κ2) is 8.70. The number of nitrogens with zero attached hydrogens (tertiary/aromatic N) is 3. The van der Waals surface area contributed by atoms with Crippen LogP contribution in [0.25, 0.3) is 0 Å². The molecule has 0 bridgehead atoms. The molecule has 1 saturated heterocycles. The minimum atomic E-state index is 0. The van der Waals surface area contributed by atoms with Gasteiger partial charge < -0.3 is 15.4 Å². The molecule has 6 heteroatoms. The van der Waals surface area contributed by atoms with Crippen LogP contribution in [0, 0.1) is 11.8 Å². The highest BCUT2D eigenvalue weighted by atomic mass is 127. The molecule has 0 spiro atoms. The van der Waals surface area contributed by atoms with E-state index in [0.29, 0.717) is 24.3 Å². The van der Waals surface area contributed by atoms with Crippen LogP contribution in [0.1, 0.15) is 38.2 Å². The predicted molar refractivity (Wildman–Crippen MR) is 103 cm³/mol. The van der Waals surface area contributed by atoms with Crippen molar-refractivity contribution < 1.29 is 4.74 Å². The Morgan fingerprint density at radius 3 is 2.87 bits per heavy atom. The van der Waals surface area contributed by atoms with E-state index in [0.717, 1.165) is 31.2 Å². The number of guanidine groups is 1. The largest absolute Gasteiger partial charge is 0.477 e. The summed E-state index contributed by atoms with van der Waals surface area (Å²) in [5.74, 6) is 2.81. The third-order valence-electron chi connectivity index (χ3n) is 4.37. The summed E-state index contributed by atoms with van der Waals surface area (Å²) in [6.45, 7) is 5.67. The Balaban J connectivity index is 0.00000192. The maximum absolute atomic E-state index is 6.11. The van der Waals surface area contributed by atoms with E-state index in [4.69, 9.17) is 10.5 Å². The fourth-order valence-corrected chi connectivity index (χ4v) is 2.75. The van der Waals surface area contributed by atoms with Gasteiger partial charge in [-0.05, 0) is 43.1 Å². The van der Waals surface area contributed by atoms with Gasteiger partial charge in [0.15, 0.2) is 5.96 Å². The third-order valence-corrected chi connectivity index (χ3v) is 4.37. The quantitative estimate of drug-likeness (QED) is 0.443. The average Bonchev–Trinajstić information content (AvgIpc) is 3.36. The lowest BCUT2D eigenvalue weighted by molar-refractivity contribution is 0.270. The molecule has 128 valence electrons. The molecule has 1 saturated carbocycles. The smallest absolute Gasteiger partial charge is 0.213 e. The van der Waals surface area contributed by atoms with E-state index in [2.05, 4.69) is 21.8 Å². The van der Waals surface area contributed by atoms with Gasteiger partial charge in [-0.2, -0.15) is 0 Å². The number of aromatic nitrogens is 1. The zero-order valence-electron chi connectivity index (χ0n) is 13.8. The SMILES string of the molecule is CC1CCCN(C(N)=NCc2ccc(OCC3CC3)nc2)C1.I. The molecular formula is C17H27IN4O. The summed E-state index contributed by atoms with van der Waals surface area (Å²) in [7, 11) is 0. The summed E-state index contributed by atoms with van der Waals surface area (Å²) in [6, 6.07) is 3.94. The Labute approximate surface area is 155 Å². The fourth-order valence-electron chi connectivity index (χ4n) is 2.75. The standard InChI is InChI=1S/C17H26N4O.HI/c1-13-3-2-8-21(11-13)17(18)20-10-15-6-7-16(19-9-15)22-12-14-4-5-14;/h6-7,9,13-14H,2-5,8,10-12H2,1H3,(H2,18,20);1H. The molecule has 1 aromatic heterocycles. The van der Waals surface area contributed by atoms with Crippen LogP contribution >= 0.6 is 24.0 Å². The lowest BCUT2D eigenvalue weighted by atomic mass is 10.0. The number of likely N-dealkylation sites (tertiary alicyclic amines) is 1. The summed E-state index contributed by atoms with van der Waals surface area (Å²) in [5, 5.41) is 0. The van der Waals surface area contributed by atoms with E-state index < -0.39 is 0 Å². The van der Waals surface area contributed by atoms with E-state index in [1.165, 1.54) is 25.7 Å². The second-order valence-corrected chi connectivity index (χ2v) is 6.63. The van der Waals surface area contributed by atoms with Crippen molar-refractivity contribution in [3.8, 4) is 5.88 Å². The van der Waals surface area contributed by atoms with Gasteiger partial charge in [-0.1, -0.05) is 13.0 Å². The summed E-state index contributed by atoms with van der Waals surface area (Å²) < 4.78 is 5.64. The monoisotopic (exact) mass is 430 g/mol. The van der Waals surface area contributed by atoms with Gasteiger partial charge in [-0.3, -0.25) is 0 Å². The van der Waals surface area contributed by atoms with Gasteiger partial charge in [0.25, 0.3) is 0 Å². The molecule has 0 aromatic carbocycles. The van der Waals surface area contributed by atoms with Crippen LogP contribution in [-0.4, -0.2) is 35.5 Å². The van der Waals surface area contributed by atoms with Gasteiger partial charge in [0.05, 0.1) is 13.2 Å². The van der Waals surface area contributed by atoms with Crippen molar-refractivity contribution in [1.82, 2.24) is 9.88 Å². The van der Waals surface area contributed by atoms with Gasteiger partial charge in [-0.25, -0.2) is 9.98 Å². The van der Waals surface area contributed by atoms with Crippen molar-refractivity contribution in [2.75, 3.05) is 19.7 Å². The van der Waals surface area contributed by atoms with Crippen LogP contribution in [-0.2, 0) is 6.54 Å². The number of ether oxygens (including phenoxy) is 1. The lowest BCUT2D eigenvalue weighted by Crippen LogP contribution is -2.43. The highest BCUT2D eigenvalue weighted by Crippen LogP contribution is 2.29. The first-order valence-corrected chi connectivity index (χ1v) is 8.33. The highest BCUT2D eigenvalue weighted by Gasteiger charge is 2.22. The van der Waals surface area contributed by atoms with E-state index >= 15 is 0 Å². The fraction of sp³-hybridized carbons (Fsp3) is 0.647. The van der Waals surface area contributed by atoms with Crippen molar-refractivity contribution in [1.29, 1.82) is 0 Å². The van der Waals surface area contributed by atoms with E-state index in [-0.39, 0.29) is 24.0 Å². The van der Waals surface area contributed by atoms with Crippen LogP contribution in [0.2, 0.25) is 0 Å². The number of aliphatic imine (C=N–C) groups is 1. The van der Waals surface area contributed by atoms with Crippen molar-refractivity contribution >= 4 is 29.9 Å². The van der Waals surface area contributed by atoms with Crippen LogP contribution in [0.3, 0.4) is 0 Å². The predicted octanol–water partition coefficient (Wildman–Crippen LogP) is 3.04. The minimum Gasteiger partial charge on any atom is -0.477 e. The summed E-state index contributed by atoms with van der Waals surface area (Å²) in [6.07, 6.45) is 6.90. The number of pyridine rings is 1. The molecule has 5 nitrogen and oxygen atoms in total. The molecule has 1 aromatic rings. The van der Waals surface area contributed by atoms with Gasteiger partial charge >= 0.3 is 0 Å². The first-order valence-electron chi connectivity index (χ1n) is 8.33. The Hall–Kier alpha value is -1.05. The Morgan fingerprint density at radius 2 is 2.22 bits per heavy atom. The molecule has 1 atom stereocenters. The number of hydrogen-bond donors (Lipinski definition) is 1. The molecule has 23 heavy (non-hydrogen) atoms. The van der Waals surface area contributed by atoms with Crippen molar-refractivity contribution in [3.05, 3.63) is 23.9 Å². The van der Waals surface area contributed by atoms with Crippen molar-refractivity contribution in [2.24, 2.45) is 22.6 Å². The van der Waals surface area contributed by atoms with E-state index in [9.17, 15) is 0 Å². The maximum Gasteiger partial charge on any atom is 0.213 e. The second-order valence-electron chi connectivity index (χ2n) is 6.63. The average molecular weight is 430 g/mol. The third kappa shape index (κ3) is 5.82. The first-order chi connectivity index (χ1) is 10.7. The molecule has 1 aliphatic carbocycles. The number of rotatable bonds is 5. The Bertz CT molecular complexity index is 516. The lowest BCUT2D eigenvalue weighted by Gasteiger charge is -2.31. The number of hydrogen-bond acceptors (Lipinski definition) is 3. The number of nitrogens with two attached hydrogens (primary N) is 1. The molecule has 1 aliphatic heterocycles. The van der Waals surface area contributed by atoms with E-state index in [1.54, 1.807) is 0 Å². The molecular weight excluding hydrogens is 403 g/mol. The van der Waals surface area contributed by atoms with Crippen molar-refractivity contribution in [2.45, 2.75) is 39.2 Å². The van der Waals surface area contributed by atoms with Gasteiger partial charge in [0, 0.05) is 25.4 Å². The van der Waals surface area contributed by atoms with Gasteiger partial charge in [-0.15, -0.1) is 24.0 Å². The summed E-state index contributed by atoms with van der Waals surface area (Å²) in [4.78, 5) is 11.0. The zero-order chi connectivity index (χ0) is 15.4. The minimum absolute atomic E-state index is 0. The topological polar surface area (TPSA) is 63.7 Å². The van der Waals surface area contributed by atoms with Crippen LogP contribution in [0.15, 0.2) is 23.3 Å². The maximum atomic E-state index is 6.11. The Kier molecular flexibility index (Phi) is 6.92. The summed E-state index contributed by atoms with van der Waals surface area (Å²) >= 11 is 0. The summed E-state index contributed by atoms with van der Waals surface area (Å²) in [5.41, 5.74) is 7.17. The van der Waals surface area contributed by atoms with Crippen LogP contribution in [0.5, 0.6) is 5.88 Å². The molecule has 2 heterocycles. The number of halogens is 1. The molecule has 2 N–H and O–H groups in total. The van der Waals surface area contributed by atoms with Gasteiger partial charge in [0.2, 0.25) is 5.88 Å². The molecule has 1 unspecified atom stereocenters. The molecule has 0 radical (unpaired) electrons. The normalized spacial score (nSPS) is 21.7. The number of piperidine rings is 1. The Morgan fingerprint density at radius 1 is 1.39 bits per heavy atom. The molecule has 2 aliphatic rings. The van der Waals surface area contributed by atoms with Crippen molar-refractivity contribution in [3.63, 3.8) is 0 Å².